The lowest BCUT2D eigenvalue weighted by Gasteiger charge is -2.19. The number of hydrogen-bond acceptors (Lipinski definition) is 4. The van der Waals surface area contributed by atoms with Crippen LogP contribution in [0.15, 0.2) is 0 Å². The second kappa shape index (κ2) is 4.07. The van der Waals surface area contributed by atoms with E-state index in [1.54, 1.807) is 0 Å². The van der Waals surface area contributed by atoms with Gasteiger partial charge < -0.3 is 14.3 Å². The molecule has 0 bridgehead atoms. The van der Waals surface area contributed by atoms with Gasteiger partial charge in [-0.15, -0.1) is 0 Å². The maximum atomic E-state index is 11.1. The van der Waals surface area contributed by atoms with Gasteiger partial charge in [-0.05, 0) is 6.42 Å². The average Bonchev–Trinajstić information content (AvgIpc) is 2.48. The van der Waals surface area contributed by atoms with Crippen molar-refractivity contribution in [3.63, 3.8) is 0 Å². The molecule has 1 saturated heterocycles. The third-order valence-electron chi connectivity index (χ3n) is 1.95. The van der Waals surface area contributed by atoms with Crippen LogP contribution in [0.3, 0.4) is 0 Å². The van der Waals surface area contributed by atoms with Crippen LogP contribution in [-0.4, -0.2) is 43.4 Å². The van der Waals surface area contributed by atoms with E-state index in [2.05, 4.69) is 4.74 Å². The summed E-state index contributed by atoms with van der Waals surface area (Å²) in [5, 5.41) is 0. The Morgan fingerprint density at radius 1 is 1.77 bits per heavy atom. The topological polar surface area (TPSA) is 63.7 Å². The van der Waals surface area contributed by atoms with Crippen molar-refractivity contribution in [2.24, 2.45) is 0 Å². The summed E-state index contributed by atoms with van der Waals surface area (Å²) in [6, 6.07) is -0.623. The highest BCUT2D eigenvalue weighted by Crippen LogP contribution is 2.17. The second-order valence-corrected chi connectivity index (χ2v) is 2.66. The normalized spacial score (nSPS) is 21.5. The first kappa shape index (κ1) is 9.76. The van der Waals surface area contributed by atoms with Crippen LogP contribution in [0.1, 0.15) is 12.8 Å². The molecule has 0 unspecified atom stereocenters. The monoisotopic (exact) mass is 182 g/mol. The van der Waals surface area contributed by atoms with Crippen LogP contribution in [0.25, 0.3) is 0 Å². The molecule has 0 aromatic rings. The number of carbonyl (C=O) groups is 3. The fraction of sp³-hybridized carbons (Fsp3) is 0.571. The molecule has 0 N–H and O–H groups in total. The number of hydrogen-bond donors (Lipinski definition) is 0. The zero-order valence-electron chi connectivity index (χ0n) is 7.23. The zero-order chi connectivity index (χ0) is 9.84. The summed E-state index contributed by atoms with van der Waals surface area (Å²) in [6.07, 6.45) is 1.18. The van der Waals surface area contributed by atoms with Gasteiger partial charge in [-0.2, -0.15) is 0 Å². The Hall–Kier alpha value is -1.33. The van der Waals surface area contributed by atoms with Crippen molar-refractivity contribution in [1.29, 1.82) is 0 Å². The van der Waals surface area contributed by atoms with Crippen molar-refractivity contribution in [2.45, 2.75) is 18.9 Å². The van der Waals surface area contributed by atoms with Gasteiger partial charge in [0, 0.05) is 6.42 Å². The third kappa shape index (κ3) is 1.88. The predicted octanol–water partition coefficient (Wildman–Crippen LogP) is -1.04. The van der Waals surface area contributed by atoms with Crippen molar-refractivity contribution in [3.8, 4) is 0 Å². The highest BCUT2D eigenvalue weighted by atomic mass is 16.5. The van der Waals surface area contributed by atoms with E-state index < -0.39 is 12.0 Å². The fourth-order valence-corrected chi connectivity index (χ4v) is 1.32. The van der Waals surface area contributed by atoms with E-state index in [0.29, 0.717) is 12.6 Å². The Kier molecular flexibility index (Phi) is 3.05. The van der Waals surface area contributed by atoms with Crippen molar-refractivity contribution < 1.29 is 19.1 Å². The molecule has 13 heavy (non-hydrogen) atoms. The van der Waals surface area contributed by atoms with Crippen LogP contribution in [-0.2, 0) is 19.1 Å². The highest BCUT2D eigenvalue weighted by Gasteiger charge is 2.36. The maximum absolute atomic E-state index is 11.1. The smallest absolute Gasteiger partial charge is 0.331 e. The van der Waals surface area contributed by atoms with E-state index in [9.17, 15) is 14.4 Å². The van der Waals surface area contributed by atoms with Crippen molar-refractivity contribution in [1.82, 2.24) is 4.81 Å². The van der Waals surface area contributed by atoms with Gasteiger partial charge in [-0.1, -0.05) is 0 Å². The molecule has 0 spiro atoms. The Balaban J connectivity index is 2.68. The Bertz CT molecular complexity index is 243. The molecule has 1 rings (SSSR count). The van der Waals surface area contributed by atoms with Gasteiger partial charge in [0.2, 0.25) is 5.91 Å². The van der Waals surface area contributed by atoms with Crippen LogP contribution < -0.4 is 0 Å². The number of carbonyl (C=O) groups excluding carboxylic acids is 3. The van der Waals surface area contributed by atoms with E-state index in [4.69, 9.17) is 0 Å². The van der Waals surface area contributed by atoms with Crippen LogP contribution in [0.5, 0.6) is 0 Å². The predicted molar refractivity (Wildman–Crippen MR) is 44.4 cm³/mol. The molecule has 1 radical (unpaired) electrons. The number of esters is 1. The molecule has 0 saturated carbocycles. The molecule has 1 atom stereocenters. The molecule has 1 aliphatic rings. The van der Waals surface area contributed by atoms with Gasteiger partial charge in [-0.25, -0.2) is 4.79 Å². The minimum absolute atomic E-state index is 0.220. The molecule has 1 aliphatic heterocycles. The molecule has 0 aliphatic carbocycles. The minimum atomic E-state index is -0.623. The Morgan fingerprint density at radius 3 is 3.00 bits per heavy atom. The van der Waals surface area contributed by atoms with Crippen LogP contribution >= 0.6 is 0 Å². The first-order valence-corrected chi connectivity index (χ1v) is 3.88. The van der Waals surface area contributed by atoms with Crippen LogP contribution in [0.4, 0.5) is 0 Å². The second-order valence-electron chi connectivity index (χ2n) is 2.66. The molecular formula is C7H9BNO4. The van der Waals surface area contributed by atoms with Crippen molar-refractivity contribution in [3.05, 3.63) is 0 Å². The number of nitrogens with zero attached hydrogens (tertiary/aromatic N) is 1. The Labute approximate surface area is 76.3 Å². The van der Waals surface area contributed by atoms with Gasteiger partial charge >= 0.3 is 13.4 Å². The van der Waals surface area contributed by atoms with Gasteiger partial charge in [-0.3, -0.25) is 4.79 Å². The number of amides is 1. The average molecular weight is 182 g/mol. The largest absolute Gasteiger partial charge is 0.468 e. The number of methoxy groups -OCH3 is 1. The van der Waals surface area contributed by atoms with Gasteiger partial charge in [0.05, 0.1) is 7.11 Å². The first-order chi connectivity index (χ1) is 6.20. The van der Waals surface area contributed by atoms with Crippen molar-refractivity contribution in [2.75, 3.05) is 7.11 Å². The molecule has 5 nitrogen and oxygen atoms in total. The van der Waals surface area contributed by atoms with E-state index in [1.165, 1.54) is 7.11 Å². The summed E-state index contributed by atoms with van der Waals surface area (Å²) >= 11 is 0. The quantitative estimate of drug-likeness (QED) is 0.317. The lowest BCUT2D eigenvalue weighted by Crippen LogP contribution is -2.42. The fourth-order valence-electron chi connectivity index (χ4n) is 1.32. The minimum Gasteiger partial charge on any atom is -0.468 e. The summed E-state index contributed by atoms with van der Waals surface area (Å²) in [7, 11) is 2.32. The maximum Gasteiger partial charge on any atom is 0.331 e. The van der Waals surface area contributed by atoms with E-state index in [1.807, 2.05) is 0 Å². The summed E-state index contributed by atoms with van der Waals surface area (Å²) in [4.78, 5) is 33.5. The summed E-state index contributed by atoms with van der Waals surface area (Å²) in [5.74, 6) is -0.702. The van der Waals surface area contributed by atoms with E-state index in [-0.39, 0.29) is 12.3 Å². The zero-order valence-corrected chi connectivity index (χ0v) is 7.23. The first-order valence-electron chi connectivity index (χ1n) is 3.88. The molecule has 1 amide bonds. The van der Waals surface area contributed by atoms with E-state index >= 15 is 0 Å². The van der Waals surface area contributed by atoms with Gasteiger partial charge in [0.25, 0.3) is 0 Å². The molecule has 0 aromatic carbocycles. The van der Waals surface area contributed by atoms with Gasteiger partial charge in [0.15, 0.2) is 0 Å². The van der Waals surface area contributed by atoms with Crippen molar-refractivity contribution >= 4 is 25.5 Å². The SMILES string of the molecule is COC(=O)[C@@H]1CCC(=O)N1[B]C=O. The van der Waals surface area contributed by atoms with Crippen LogP contribution in [0, 0.1) is 0 Å². The molecule has 1 heterocycles. The molecule has 1 fully saturated rings. The summed E-state index contributed by atoms with van der Waals surface area (Å²) in [5.41, 5.74) is 0. The third-order valence-corrected chi connectivity index (χ3v) is 1.95. The molecular weight excluding hydrogens is 173 g/mol. The Morgan fingerprint density at radius 2 is 2.46 bits per heavy atom. The molecule has 0 aromatic heterocycles. The highest BCUT2D eigenvalue weighted by molar-refractivity contribution is 6.66. The summed E-state index contributed by atoms with van der Waals surface area (Å²) in [6.45, 7) is 0. The standard InChI is InChI=1S/C7H9BNO4/c1-13-7(12)5-2-3-6(11)9(5)8-4-10/h4-5H,2-3H2,1H3/t5-/m0/s1. The van der Waals surface area contributed by atoms with E-state index in [0.717, 1.165) is 12.2 Å². The number of rotatable bonds is 3. The van der Waals surface area contributed by atoms with Crippen LogP contribution in [0.2, 0.25) is 0 Å². The summed E-state index contributed by atoms with van der Waals surface area (Å²) < 4.78 is 4.49. The number of ether oxygens (including phenoxy) is 1. The lowest BCUT2D eigenvalue weighted by atomic mass is 9.93. The lowest BCUT2D eigenvalue weighted by molar-refractivity contribution is -0.146. The molecule has 69 valence electrons. The van der Waals surface area contributed by atoms with Gasteiger partial charge in [0.1, 0.15) is 12.2 Å². The molecule has 6 heteroatoms.